The summed E-state index contributed by atoms with van der Waals surface area (Å²) in [5.41, 5.74) is -3.83. The van der Waals surface area contributed by atoms with Crippen molar-refractivity contribution in [2.24, 2.45) is 0 Å². The lowest BCUT2D eigenvalue weighted by molar-refractivity contribution is -0.180. The van der Waals surface area contributed by atoms with Crippen molar-refractivity contribution in [2.75, 3.05) is 5.32 Å². The third-order valence-electron chi connectivity index (χ3n) is 5.17. The maximum absolute atomic E-state index is 14.2. The van der Waals surface area contributed by atoms with Crippen LogP contribution in [0.15, 0.2) is 41.6 Å². The fraction of sp³-hybridized carbons (Fsp3) is 0.316. The monoisotopic (exact) mass is 428 g/mol. The lowest BCUT2D eigenvalue weighted by atomic mass is 10.1. The van der Waals surface area contributed by atoms with E-state index in [4.69, 9.17) is 0 Å². The van der Waals surface area contributed by atoms with Crippen LogP contribution in [0, 0.1) is 5.82 Å². The first-order valence-corrected chi connectivity index (χ1v) is 8.88. The zero-order valence-corrected chi connectivity index (χ0v) is 15.2. The second kappa shape index (κ2) is 6.99. The van der Waals surface area contributed by atoms with Gasteiger partial charge in [0.25, 0.3) is 12.0 Å². The van der Waals surface area contributed by atoms with E-state index in [2.05, 4.69) is 15.3 Å². The number of nitrogens with zero attached hydrogens (tertiary/aromatic N) is 3. The van der Waals surface area contributed by atoms with Crippen molar-refractivity contribution in [2.45, 2.75) is 37.5 Å². The van der Waals surface area contributed by atoms with Crippen molar-refractivity contribution >= 4 is 16.7 Å². The standard InChI is InChI=1S/C19H14F6N4O/c20-15-10(2-1-3-11(15)16(21)22)7-26-17-12-8-29(18(4-5-18)19(23,24)25)14(30)6-13(12)27-9-28-17/h1-3,6,8-9,16H,4-5,7H2,(H,26,27,28). The minimum absolute atomic E-state index is 0.0496. The number of rotatable bonds is 5. The van der Waals surface area contributed by atoms with Gasteiger partial charge in [-0.15, -0.1) is 0 Å². The van der Waals surface area contributed by atoms with Gasteiger partial charge >= 0.3 is 6.18 Å². The van der Waals surface area contributed by atoms with Gasteiger partial charge in [-0.3, -0.25) is 9.36 Å². The minimum Gasteiger partial charge on any atom is -0.365 e. The van der Waals surface area contributed by atoms with Gasteiger partial charge in [-0.1, -0.05) is 18.2 Å². The first-order valence-electron chi connectivity index (χ1n) is 8.88. The van der Waals surface area contributed by atoms with Crippen molar-refractivity contribution in [3.63, 3.8) is 0 Å². The van der Waals surface area contributed by atoms with E-state index >= 15 is 0 Å². The van der Waals surface area contributed by atoms with E-state index in [1.807, 2.05) is 0 Å². The molecule has 0 radical (unpaired) electrons. The summed E-state index contributed by atoms with van der Waals surface area (Å²) in [4.78, 5) is 20.1. The Morgan fingerprint density at radius 3 is 2.57 bits per heavy atom. The molecule has 4 rings (SSSR count). The molecule has 1 aromatic carbocycles. The summed E-state index contributed by atoms with van der Waals surface area (Å²) in [5.74, 6) is -1.03. The molecule has 0 aliphatic heterocycles. The molecule has 1 fully saturated rings. The van der Waals surface area contributed by atoms with Crippen LogP contribution in [0.2, 0.25) is 0 Å². The molecule has 0 saturated heterocycles. The molecule has 11 heteroatoms. The molecule has 30 heavy (non-hydrogen) atoms. The van der Waals surface area contributed by atoms with E-state index in [9.17, 15) is 31.1 Å². The quantitative estimate of drug-likeness (QED) is 0.607. The largest absolute Gasteiger partial charge is 0.412 e. The highest BCUT2D eigenvalue weighted by Gasteiger charge is 2.65. The molecule has 1 aliphatic carbocycles. The first kappa shape index (κ1) is 20.2. The van der Waals surface area contributed by atoms with Gasteiger partial charge in [0, 0.05) is 24.4 Å². The summed E-state index contributed by atoms with van der Waals surface area (Å²) in [6, 6.07) is 4.52. The van der Waals surface area contributed by atoms with E-state index in [0.717, 1.165) is 24.7 Å². The predicted octanol–water partition coefficient (Wildman–Crippen LogP) is 4.53. The number of alkyl halides is 5. The molecule has 0 unspecified atom stereocenters. The molecule has 1 saturated carbocycles. The van der Waals surface area contributed by atoms with Crippen LogP contribution in [-0.2, 0) is 12.1 Å². The molecule has 3 aromatic rings. The molecule has 0 bridgehead atoms. The van der Waals surface area contributed by atoms with Crippen LogP contribution in [0.1, 0.15) is 30.4 Å². The van der Waals surface area contributed by atoms with Crippen molar-refractivity contribution in [1.29, 1.82) is 0 Å². The summed E-state index contributed by atoms with van der Waals surface area (Å²) >= 11 is 0. The Labute approximate surface area is 165 Å². The SMILES string of the molecule is O=c1cc2ncnc(NCc3cccc(C(F)F)c3F)c2cn1C1(C(F)(F)F)CC1. The Balaban J connectivity index is 1.72. The number of aromatic nitrogens is 3. The van der Waals surface area contributed by atoms with E-state index < -0.39 is 35.1 Å². The average Bonchev–Trinajstić information content (AvgIpc) is 3.48. The van der Waals surface area contributed by atoms with Crippen LogP contribution in [0.3, 0.4) is 0 Å². The van der Waals surface area contributed by atoms with Gasteiger partial charge in [0.2, 0.25) is 0 Å². The van der Waals surface area contributed by atoms with E-state index in [1.165, 1.54) is 12.1 Å². The van der Waals surface area contributed by atoms with Crippen molar-refractivity contribution in [1.82, 2.24) is 14.5 Å². The Bertz CT molecular complexity index is 1170. The summed E-state index contributed by atoms with van der Waals surface area (Å²) in [6.07, 6.45) is -5.90. The van der Waals surface area contributed by atoms with Crippen LogP contribution < -0.4 is 10.9 Å². The Morgan fingerprint density at radius 1 is 1.20 bits per heavy atom. The molecule has 0 amide bonds. The number of nitrogens with one attached hydrogen (secondary N) is 1. The third kappa shape index (κ3) is 3.27. The third-order valence-corrected chi connectivity index (χ3v) is 5.17. The van der Waals surface area contributed by atoms with Crippen LogP contribution >= 0.6 is 0 Å². The van der Waals surface area contributed by atoms with Gasteiger partial charge in [-0.25, -0.2) is 23.1 Å². The normalized spacial score (nSPS) is 15.6. The summed E-state index contributed by atoms with van der Waals surface area (Å²) in [7, 11) is 0. The number of anilines is 1. The topological polar surface area (TPSA) is 59.8 Å². The summed E-state index contributed by atoms with van der Waals surface area (Å²) in [6.45, 7) is -0.248. The Kier molecular flexibility index (Phi) is 4.70. The number of hydrogen-bond donors (Lipinski definition) is 1. The van der Waals surface area contributed by atoms with E-state index in [0.29, 0.717) is 4.57 Å². The van der Waals surface area contributed by atoms with Crippen LogP contribution in [0.25, 0.3) is 10.9 Å². The second-order valence-electron chi connectivity index (χ2n) is 7.01. The highest BCUT2D eigenvalue weighted by Crippen LogP contribution is 2.54. The molecule has 158 valence electrons. The lowest BCUT2D eigenvalue weighted by Crippen LogP contribution is -2.41. The van der Waals surface area contributed by atoms with Crippen LogP contribution in [0.5, 0.6) is 0 Å². The number of benzene rings is 1. The van der Waals surface area contributed by atoms with Crippen molar-refractivity contribution < 1.29 is 26.3 Å². The zero-order chi connectivity index (χ0) is 21.7. The maximum atomic E-state index is 14.2. The van der Waals surface area contributed by atoms with Crippen LogP contribution in [0.4, 0.5) is 32.2 Å². The molecule has 0 spiro atoms. The average molecular weight is 428 g/mol. The first-order chi connectivity index (χ1) is 14.1. The zero-order valence-electron chi connectivity index (χ0n) is 15.2. The molecular formula is C19H14F6N4O. The van der Waals surface area contributed by atoms with Crippen molar-refractivity contribution in [3.05, 3.63) is 64.1 Å². The molecule has 2 aromatic heterocycles. The predicted molar refractivity (Wildman–Crippen MR) is 95.7 cm³/mol. The minimum atomic E-state index is -4.60. The highest BCUT2D eigenvalue weighted by atomic mass is 19.4. The molecular weight excluding hydrogens is 414 g/mol. The number of pyridine rings is 1. The summed E-state index contributed by atoms with van der Waals surface area (Å²) in [5, 5.41) is 2.86. The smallest absolute Gasteiger partial charge is 0.365 e. The number of halogens is 6. The Hall–Kier alpha value is -3.11. The van der Waals surface area contributed by atoms with Gasteiger partial charge in [0.15, 0.2) is 0 Å². The molecule has 2 heterocycles. The lowest BCUT2D eigenvalue weighted by Gasteiger charge is -2.22. The number of fused-ring (bicyclic) bond motifs is 1. The van der Waals surface area contributed by atoms with Gasteiger partial charge in [-0.05, 0) is 12.8 Å². The van der Waals surface area contributed by atoms with Gasteiger partial charge < -0.3 is 5.32 Å². The molecule has 1 aliphatic rings. The fourth-order valence-corrected chi connectivity index (χ4v) is 3.37. The number of hydrogen-bond acceptors (Lipinski definition) is 4. The maximum Gasteiger partial charge on any atom is 0.412 e. The molecule has 0 atom stereocenters. The second-order valence-corrected chi connectivity index (χ2v) is 7.01. The van der Waals surface area contributed by atoms with E-state index in [-0.39, 0.29) is 41.7 Å². The van der Waals surface area contributed by atoms with Gasteiger partial charge in [0.05, 0.1) is 16.5 Å². The van der Waals surface area contributed by atoms with Gasteiger partial charge in [-0.2, -0.15) is 13.2 Å². The Morgan fingerprint density at radius 2 is 1.93 bits per heavy atom. The molecule has 1 N–H and O–H groups in total. The fourth-order valence-electron chi connectivity index (χ4n) is 3.37. The van der Waals surface area contributed by atoms with Crippen LogP contribution in [-0.4, -0.2) is 20.7 Å². The van der Waals surface area contributed by atoms with Crippen molar-refractivity contribution in [3.8, 4) is 0 Å². The highest BCUT2D eigenvalue weighted by molar-refractivity contribution is 5.88. The van der Waals surface area contributed by atoms with E-state index in [1.54, 1.807) is 0 Å². The molecule has 5 nitrogen and oxygen atoms in total. The van der Waals surface area contributed by atoms with Gasteiger partial charge in [0.1, 0.15) is 23.5 Å². The summed E-state index contributed by atoms with van der Waals surface area (Å²) < 4.78 is 81.0.